The summed E-state index contributed by atoms with van der Waals surface area (Å²) in [6.07, 6.45) is -0.165. The summed E-state index contributed by atoms with van der Waals surface area (Å²) in [6, 6.07) is 17.4. The number of piperazine rings is 1. The normalized spacial score (nSPS) is 14.1. The van der Waals surface area contributed by atoms with Crippen molar-refractivity contribution in [1.82, 2.24) is 4.90 Å². The molecule has 6 nitrogen and oxygen atoms in total. The standard InChI is InChI=1S/C22H27N3O3/c1-17(2)28-20-11-7-6-10-19(20)23-21(26)16-22(27)25-14-12-24(13-15-25)18-8-4-3-5-9-18/h3-11,17H,12-16H2,1-2H3,(H,23,26). The SMILES string of the molecule is CC(C)Oc1ccccc1NC(=O)CC(=O)N1CCN(c2ccccc2)CC1. The predicted molar refractivity (Wildman–Crippen MR) is 111 cm³/mol. The molecule has 6 heteroatoms. The molecule has 2 amide bonds. The van der Waals surface area contributed by atoms with Gasteiger partial charge in [-0.2, -0.15) is 0 Å². The number of nitrogens with one attached hydrogen (secondary N) is 1. The Hall–Kier alpha value is -3.02. The van der Waals surface area contributed by atoms with Crippen molar-refractivity contribution < 1.29 is 14.3 Å². The largest absolute Gasteiger partial charge is 0.489 e. The number of para-hydroxylation sites is 3. The van der Waals surface area contributed by atoms with Crippen molar-refractivity contribution in [1.29, 1.82) is 0 Å². The van der Waals surface area contributed by atoms with Crippen LogP contribution < -0.4 is 15.0 Å². The Morgan fingerprint density at radius 1 is 0.964 bits per heavy atom. The average Bonchev–Trinajstić information content (AvgIpc) is 2.70. The number of hydrogen-bond donors (Lipinski definition) is 1. The Labute approximate surface area is 166 Å². The van der Waals surface area contributed by atoms with Crippen LogP contribution in [0.15, 0.2) is 54.6 Å². The summed E-state index contributed by atoms with van der Waals surface area (Å²) < 4.78 is 5.71. The molecule has 0 atom stereocenters. The van der Waals surface area contributed by atoms with Crippen molar-refractivity contribution in [2.45, 2.75) is 26.4 Å². The van der Waals surface area contributed by atoms with Gasteiger partial charge in [-0.05, 0) is 38.1 Å². The first-order chi connectivity index (χ1) is 13.5. The van der Waals surface area contributed by atoms with Gasteiger partial charge in [-0.15, -0.1) is 0 Å². The molecule has 1 aliphatic rings. The molecule has 2 aromatic rings. The number of amides is 2. The molecule has 0 bridgehead atoms. The fourth-order valence-corrected chi connectivity index (χ4v) is 3.22. The monoisotopic (exact) mass is 381 g/mol. The molecular weight excluding hydrogens is 354 g/mol. The molecule has 1 aliphatic heterocycles. The molecule has 28 heavy (non-hydrogen) atoms. The van der Waals surface area contributed by atoms with Gasteiger partial charge in [0.1, 0.15) is 12.2 Å². The first-order valence-electron chi connectivity index (χ1n) is 9.66. The third kappa shape index (κ3) is 5.25. The van der Waals surface area contributed by atoms with Crippen molar-refractivity contribution in [3.8, 4) is 5.75 Å². The zero-order valence-corrected chi connectivity index (χ0v) is 16.4. The number of nitrogens with zero attached hydrogens (tertiary/aromatic N) is 2. The van der Waals surface area contributed by atoms with Gasteiger partial charge in [0.2, 0.25) is 11.8 Å². The lowest BCUT2D eigenvalue weighted by molar-refractivity contribution is -0.134. The van der Waals surface area contributed by atoms with Gasteiger partial charge in [0.05, 0.1) is 11.8 Å². The Kier molecular flexibility index (Phi) is 6.53. The van der Waals surface area contributed by atoms with Gasteiger partial charge in [0.15, 0.2) is 0 Å². The molecule has 1 N–H and O–H groups in total. The smallest absolute Gasteiger partial charge is 0.233 e. The summed E-state index contributed by atoms with van der Waals surface area (Å²) in [5, 5.41) is 2.80. The minimum Gasteiger partial charge on any atom is -0.489 e. The van der Waals surface area contributed by atoms with E-state index < -0.39 is 0 Å². The lowest BCUT2D eigenvalue weighted by Crippen LogP contribution is -2.49. The predicted octanol–water partition coefficient (Wildman–Crippen LogP) is 3.15. The third-order valence-electron chi connectivity index (χ3n) is 4.59. The van der Waals surface area contributed by atoms with Crippen LogP contribution in [0.4, 0.5) is 11.4 Å². The lowest BCUT2D eigenvalue weighted by Gasteiger charge is -2.36. The van der Waals surface area contributed by atoms with Gasteiger partial charge in [0.25, 0.3) is 0 Å². The zero-order valence-electron chi connectivity index (χ0n) is 16.4. The molecule has 3 rings (SSSR count). The van der Waals surface area contributed by atoms with E-state index in [1.165, 1.54) is 0 Å². The Morgan fingerprint density at radius 2 is 1.61 bits per heavy atom. The maximum absolute atomic E-state index is 12.5. The van der Waals surface area contributed by atoms with Gasteiger partial charge < -0.3 is 19.9 Å². The van der Waals surface area contributed by atoms with Crippen LogP contribution >= 0.6 is 0 Å². The van der Waals surface area contributed by atoms with Gasteiger partial charge in [0, 0.05) is 31.9 Å². The van der Waals surface area contributed by atoms with Crippen LogP contribution in [0.1, 0.15) is 20.3 Å². The van der Waals surface area contributed by atoms with E-state index in [2.05, 4.69) is 22.3 Å². The summed E-state index contributed by atoms with van der Waals surface area (Å²) in [5.41, 5.74) is 1.75. The molecule has 0 radical (unpaired) electrons. The third-order valence-corrected chi connectivity index (χ3v) is 4.59. The first kappa shape index (κ1) is 19.7. The minimum absolute atomic E-state index is 0.000550. The van der Waals surface area contributed by atoms with E-state index in [9.17, 15) is 9.59 Å². The Balaban J connectivity index is 1.51. The number of hydrogen-bond acceptors (Lipinski definition) is 4. The number of anilines is 2. The highest BCUT2D eigenvalue weighted by molar-refractivity contribution is 6.04. The van der Waals surface area contributed by atoms with E-state index in [-0.39, 0.29) is 24.3 Å². The van der Waals surface area contributed by atoms with Crippen LogP contribution in [0, 0.1) is 0 Å². The molecule has 0 saturated carbocycles. The van der Waals surface area contributed by atoms with Crippen LogP contribution in [0.5, 0.6) is 5.75 Å². The number of rotatable bonds is 6. The fourth-order valence-electron chi connectivity index (χ4n) is 3.22. The van der Waals surface area contributed by atoms with Gasteiger partial charge in [-0.1, -0.05) is 30.3 Å². The second kappa shape index (κ2) is 9.26. The first-order valence-corrected chi connectivity index (χ1v) is 9.66. The molecule has 0 unspecified atom stereocenters. The van der Waals surface area contributed by atoms with Gasteiger partial charge in [-0.3, -0.25) is 9.59 Å². The van der Waals surface area contributed by atoms with Crippen molar-refractivity contribution in [2.75, 3.05) is 36.4 Å². The second-order valence-electron chi connectivity index (χ2n) is 7.09. The maximum atomic E-state index is 12.5. The summed E-state index contributed by atoms with van der Waals surface area (Å²) in [5.74, 6) is 0.137. The molecule has 1 heterocycles. The van der Waals surface area contributed by atoms with Crippen molar-refractivity contribution >= 4 is 23.2 Å². The number of carbonyl (C=O) groups is 2. The molecule has 2 aromatic carbocycles. The van der Waals surface area contributed by atoms with E-state index in [0.29, 0.717) is 24.5 Å². The molecule has 1 fully saturated rings. The van der Waals surface area contributed by atoms with E-state index in [1.54, 1.807) is 17.0 Å². The molecule has 0 aromatic heterocycles. The van der Waals surface area contributed by atoms with E-state index in [0.717, 1.165) is 18.8 Å². The van der Waals surface area contributed by atoms with Gasteiger partial charge in [-0.25, -0.2) is 0 Å². The quantitative estimate of drug-likeness (QED) is 0.781. The number of ether oxygens (including phenoxy) is 1. The molecular formula is C22H27N3O3. The van der Waals surface area contributed by atoms with E-state index in [4.69, 9.17) is 4.74 Å². The highest BCUT2D eigenvalue weighted by Gasteiger charge is 2.23. The van der Waals surface area contributed by atoms with Gasteiger partial charge >= 0.3 is 0 Å². The number of carbonyl (C=O) groups excluding carboxylic acids is 2. The van der Waals surface area contributed by atoms with Crippen LogP contribution in [0.2, 0.25) is 0 Å². The fraction of sp³-hybridized carbons (Fsp3) is 0.364. The van der Waals surface area contributed by atoms with Crippen LogP contribution in [0.3, 0.4) is 0 Å². The van der Waals surface area contributed by atoms with Crippen LogP contribution in [-0.4, -0.2) is 49.0 Å². The van der Waals surface area contributed by atoms with Crippen molar-refractivity contribution in [2.24, 2.45) is 0 Å². The molecule has 1 saturated heterocycles. The average molecular weight is 381 g/mol. The van der Waals surface area contributed by atoms with Crippen molar-refractivity contribution in [3.05, 3.63) is 54.6 Å². The summed E-state index contributed by atoms with van der Waals surface area (Å²) in [4.78, 5) is 28.9. The summed E-state index contributed by atoms with van der Waals surface area (Å²) >= 11 is 0. The highest BCUT2D eigenvalue weighted by Crippen LogP contribution is 2.25. The van der Waals surface area contributed by atoms with E-state index in [1.807, 2.05) is 44.2 Å². The van der Waals surface area contributed by atoms with Crippen molar-refractivity contribution in [3.63, 3.8) is 0 Å². The molecule has 0 aliphatic carbocycles. The van der Waals surface area contributed by atoms with E-state index >= 15 is 0 Å². The Bertz CT molecular complexity index is 800. The molecule has 0 spiro atoms. The topological polar surface area (TPSA) is 61.9 Å². The Morgan fingerprint density at radius 3 is 2.29 bits per heavy atom. The second-order valence-corrected chi connectivity index (χ2v) is 7.09. The van der Waals surface area contributed by atoms with Crippen LogP contribution in [0.25, 0.3) is 0 Å². The minimum atomic E-state index is -0.324. The number of benzene rings is 2. The zero-order chi connectivity index (χ0) is 19.9. The summed E-state index contributed by atoms with van der Waals surface area (Å²) in [7, 11) is 0. The summed E-state index contributed by atoms with van der Waals surface area (Å²) in [6.45, 7) is 6.63. The highest BCUT2D eigenvalue weighted by atomic mass is 16.5. The lowest BCUT2D eigenvalue weighted by atomic mass is 10.2. The van der Waals surface area contributed by atoms with Crippen LogP contribution in [-0.2, 0) is 9.59 Å². The molecule has 148 valence electrons. The maximum Gasteiger partial charge on any atom is 0.233 e.